The van der Waals surface area contributed by atoms with E-state index in [1.807, 2.05) is 0 Å². The van der Waals surface area contributed by atoms with Crippen LogP contribution in [0, 0.1) is 10.1 Å². The van der Waals surface area contributed by atoms with Crippen LogP contribution < -0.4 is 5.43 Å². The molecule has 25 heavy (non-hydrogen) atoms. The van der Waals surface area contributed by atoms with Crippen molar-refractivity contribution in [3.63, 3.8) is 0 Å². The van der Waals surface area contributed by atoms with Crippen molar-refractivity contribution in [1.29, 1.82) is 0 Å². The Balaban J connectivity index is 2.08. The van der Waals surface area contributed by atoms with E-state index in [-0.39, 0.29) is 18.2 Å². The second-order valence-electron chi connectivity index (χ2n) is 4.77. The van der Waals surface area contributed by atoms with E-state index in [0.29, 0.717) is 21.8 Å². The van der Waals surface area contributed by atoms with Crippen LogP contribution in [0.25, 0.3) is 0 Å². The smallest absolute Gasteiger partial charge is 0.283 e. The largest absolute Gasteiger partial charge is 0.396 e. The molecule has 0 fully saturated rings. The number of aliphatic hydroxyl groups excluding tert-OH is 1. The summed E-state index contributed by atoms with van der Waals surface area (Å²) in [5, 5.41) is 23.8. The molecule has 0 radical (unpaired) electrons. The van der Waals surface area contributed by atoms with E-state index in [0.717, 1.165) is 4.47 Å². The lowest BCUT2D eigenvalue weighted by Gasteiger charge is -2.03. The summed E-state index contributed by atoms with van der Waals surface area (Å²) in [6.45, 7) is -0.0628. The number of nitro groups is 1. The van der Waals surface area contributed by atoms with Gasteiger partial charge in [0.25, 0.3) is 11.6 Å². The molecule has 0 heterocycles. The average Bonchev–Trinajstić information content (AvgIpc) is 2.60. The second-order valence-corrected chi connectivity index (χ2v) is 6.82. The highest BCUT2D eigenvalue weighted by molar-refractivity contribution is 9.10. The molecule has 0 aromatic heterocycles. The zero-order valence-corrected chi connectivity index (χ0v) is 15.3. The first-order valence-corrected chi connectivity index (χ1v) is 8.90. The van der Waals surface area contributed by atoms with Crippen molar-refractivity contribution in [2.75, 3.05) is 12.4 Å². The minimum absolute atomic E-state index is 0.0628. The molecular formula is C16H14BrN3O4S. The van der Waals surface area contributed by atoms with Gasteiger partial charge >= 0.3 is 0 Å². The Labute approximate surface area is 156 Å². The zero-order valence-electron chi connectivity index (χ0n) is 12.9. The lowest BCUT2D eigenvalue weighted by atomic mass is 10.2. The van der Waals surface area contributed by atoms with E-state index in [2.05, 4.69) is 26.5 Å². The Morgan fingerprint density at radius 2 is 2.16 bits per heavy atom. The number of carbonyl (C=O) groups excluding carboxylic acids is 1. The summed E-state index contributed by atoms with van der Waals surface area (Å²) in [5.74, 6) is -0.0149. The van der Waals surface area contributed by atoms with Gasteiger partial charge in [0.2, 0.25) is 0 Å². The van der Waals surface area contributed by atoms with Gasteiger partial charge in [0.15, 0.2) is 0 Å². The molecule has 2 N–H and O–H groups in total. The maximum absolute atomic E-state index is 12.0. The van der Waals surface area contributed by atoms with Crippen LogP contribution >= 0.6 is 27.7 Å². The van der Waals surface area contributed by atoms with Crippen molar-refractivity contribution in [1.82, 2.24) is 5.43 Å². The number of hydrogen-bond acceptors (Lipinski definition) is 6. The summed E-state index contributed by atoms with van der Waals surface area (Å²) in [6, 6.07) is 11.5. The zero-order chi connectivity index (χ0) is 18.2. The van der Waals surface area contributed by atoms with Crippen molar-refractivity contribution < 1.29 is 14.8 Å². The molecule has 0 aliphatic heterocycles. The second kappa shape index (κ2) is 9.30. The fourth-order valence-corrected chi connectivity index (χ4v) is 3.05. The molecular weight excluding hydrogens is 410 g/mol. The number of hydrazone groups is 1. The Morgan fingerprint density at radius 1 is 1.36 bits per heavy atom. The van der Waals surface area contributed by atoms with Gasteiger partial charge < -0.3 is 5.11 Å². The molecule has 7 nitrogen and oxygen atoms in total. The fraction of sp³-hybridized carbons (Fsp3) is 0.125. The first-order chi connectivity index (χ1) is 12.0. The van der Waals surface area contributed by atoms with E-state index in [4.69, 9.17) is 5.11 Å². The number of nitrogens with one attached hydrogen (secondary N) is 1. The van der Waals surface area contributed by atoms with E-state index < -0.39 is 4.92 Å². The van der Waals surface area contributed by atoms with Gasteiger partial charge in [-0.15, -0.1) is 11.8 Å². The van der Waals surface area contributed by atoms with Gasteiger partial charge in [-0.2, -0.15) is 5.10 Å². The first-order valence-electron chi connectivity index (χ1n) is 7.12. The molecule has 0 saturated heterocycles. The molecule has 0 aliphatic rings. The first kappa shape index (κ1) is 19.1. The minimum atomic E-state index is -0.489. The predicted molar refractivity (Wildman–Crippen MR) is 100 cm³/mol. The average molecular weight is 424 g/mol. The highest BCUT2D eigenvalue weighted by Crippen LogP contribution is 2.29. The van der Waals surface area contributed by atoms with Gasteiger partial charge in [-0.3, -0.25) is 14.9 Å². The molecule has 0 bridgehead atoms. The van der Waals surface area contributed by atoms with E-state index in [1.165, 1.54) is 24.0 Å². The lowest BCUT2D eigenvalue weighted by molar-refractivity contribution is -0.387. The Bertz CT molecular complexity index is 814. The maximum Gasteiger partial charge on any atom is 0.283 e. The number of nitro benzene ring substituents is 1. The number of carbonyl (C=O) groups is 1. The maximum atomic E-state index is 12.0. The van der Waals surface area contributed by atoms with Gasteiger partial charge in [-0.1, -0.05) is 28.1 Å². The van der Waals surface area contributed by atoms with Gasteiger partial charge in [0, 0.05) is 27.4 Å². The van der Waals surface area contributed by atoms with Gasteiger partial charge in [-0.05, 0) is 24.3 Å². The van der Waals surface area contributed by atoms with E-state index in [1.54, 1.807) is 36.4 Å². The molecule has 2 aromatic carbocycles. The van der Waals surface area contributed by atoms with Crippen molar-refractivity contribution in [3.05, 3.63) is 68.2 Å². The minimum Gasteiger partial charge on any atom is -0.396 e. The van der Waals surface area contributed by atoms with Crippen LogP contribution in [0.4, 0.5) is 5.69 Å². The summed E-state index contributed by atoms with van der Waals surface area (Å²) in [7, 11) is 0. The van der Waals surface area contributed by atoms with E-state index >= 15 is 0 Å². The van der Waals surface area contributed by atoms with Gasteiger partial charge in [-0.25, -0.2) is 5.43 Å². The van der Waals surface area contributed by atoms with Crippen LogP contribution in [0.3, 0.4) is 0 Å². The number of rotatable bonds is 7. The topological polar surface area (TPSA) is 105 Å². The highest BCUT2D eigenvalue weighted by atomic mass is 79.9. The summed E-state index contributed by atoms with van der Waals surface area (Å²) in [4.78, 5) is 23.1. The van der Waals surface area contributed by atoms with Crippen molar-refractivity contribution in [2.24, 2.45) is 5.10 Å². The van der Waals surface area contributed by atoms with Crippen molar-refractivity contribution in [3.8, 4) is 0 Å². The third-order valence-electron chi connectivity index (χ3n) is 3.00. The number of nitrogens with zero attached hydrogens (tertiary/aromatic N) is 2. The van der Waals surface area contributed by atoms with Crippen molar-refractivity contribution >= 4 is 45.5 Å². The van der Waals surface area contributed by atoms with Crippen LogP contribution in [0.15, 0.2) is 56.9 Å². The SMILES string of the molecule is O=C(N/N=C\c1ccc(SCCO)c([N+](=O)[O-])c1)c1cccc(Br)c1. The van der Waals surface area contributed by atoms with Gasteiger partial charge in [0.1, 0.15) is 0 Å². The number of thioether (sulfide) groups is 1. The molecule has 0 spiro atoms. The van der Waals surface area contributed by atoms with Crippen molar-refractivity contribution in [2.45, 2.75) is 4.90 Å². The monoisotopic (exact) mass is 423 g/mol. The standard InChI is InChI=1S/C16H14BrN3O4S/c17-13-3-1-2-12(9-13)16(22)19-18-10-11-4-5-15(25-7-6-21)14(8-11)20(23)24/h1-5,8-10,21H,6-7H2,(H,19,22)/b18-10-. The fourth-order valence-electron chi connectivity index (χ4n) is 1.89. The highest BCUT2D eigenvalue weighted by Gasteiger charge is 2.14. The lowest BCUT2D eigenvalue weighted by Crippen LogP contribution is -2.17. The quantitative estimate of drug-likeness (QED) is 0.307. The predicted octanol–water partition coefficient (Wildman–Crippen LogP) is 3.21. The van der Waals surface area contributed by atoms with Gasteiger partial charge in [0.05, 0.1) is 22.6 Å². The van der Waals surface area contributed by atoms with Crippen LogP contribution in [-0.4, -0.2) is 34.5 Å². The molecule has 130 valence electrons. The Morgan fingerprint density at radius 3 is 2.84 bits per heavy atom. The Kier molecular flexibility index (Phi) is 7.11. The molecule has 2 aromatic rings. The van der Waals surface area contributed by atoms with Crippen LogP contribution in [0.5, 0.6) is 0 Å². The molecule has 0 aliphatic carbocycles. The summed E-state index contributed by atoms with van der Waals surface area (Å²) >= 11 is 4.48. The number of halogens is 1. The molecule has 0 saturated carbocycles. The molecule has 1 amide bonds. The number of amides is 1. The summed E-state index contributed by atoms with van der Waals surface area (Å²) < 4.78 is 0.774. The molecule has 0 atom stereocenters. The van der Waals surface area contributed by atoms with E-state index in [9.17, 15) is 14.9 Å². The van der Waals surface area contributed by atoms with Crippen LogP contribution in [0.1, 0.15) is 15.9 Å². The summed E-state index contributed by atoms with van der Waals surface area (Å²) in [5.41, 5.74) is 3.22. The number of aliphatic hydroxyl groups is 1. The number of benzene rings is 2. The molecule has 9 heteroatoms. The Hall–Kier alpha value is -2.23. The molecule has 2 rings (SSSR count). The summed E-state index contributed by atoms with van der Waals surface area (Å²) in [6.07, 6.45) is 1.34. The third-order valence-corrected chi connectivity index (χ3v) is 4.53. The van der Waals surface area contributed by atoms with Crippen LogP contribution in [0.2, 0.25) is 0 Å². The molecule has 0 unspecified atom stereocenters. The normalized spacial score (nSPS) is 10.8. The number of hydrogen-bond donors (Lipinski definition) is 2. The third kappa shape index (κ3) is 5.66. The van der Waals surface area contributed by atoms with Crippen LogP contribution in [-0.2, 0) is 0 Å².